The van der Waals surface area contributed by atoms with Crippen LogP contribution in [0.25, 0.3) is 0 Å². The summed E-state index contributed by atoms with van der Waals surface area (Å²) in [6.07, 6.45) is 2.70. The minimum atomic E-state index is -0.742. The van der Waals surface area contributed by atoms with Crippen LogP contribution in [0.2, 0.25) is 0 Å². The van der Waals surface area contributed by atoms with Crippen LogP contribution in [0.3, 0.4) is 0 Å². The Morgan fingerprint density at radius 3 is 2.41 bits per heavy atom. The Kier molecular flexibility index (Phi) is 3.77. The van der Waals surface area contributed by atoms with Gasteiger partial charge in [0.05, 0.1) is 0 Å². The van der Waals surface area contributed by atoms with Gasteiger partial charge < -0.3 is 10.5 Å². The molecule has 0 radical (unpaired) electrons. The Labute approximate surface area is 99.2 Å². The van der Waals surface area contributed by atoms with Gasteiger partial charge in [0.25, 0.3) is 0 Å². The van der Waals surface area contributed by atoms with Crippen LogP contribution >= 0.6 is 0 Å². The van der Waals surface area contributed by atoms with Crippen LogP contribution in [0.15, 0.2) is 12.4 Å². The summed E-state index contributed by atoms with van der Waals surface area (Å²) in [5, 5.41) is 0. The number of rotatable bonds is 3. The summed E-state index contributed by atoms with van der Waals surface area (Å²) in [5.41, 5.74) is 4.83. The van der Waals surface area contributed by atoms with Gasteiger partial charge in [0, 0.05) is 17.8 Å². The van der Waals surface area contributed by atoms with Gasteiger partial charge in [-0.1, -0.05) is 20.8 Å². The van der Waals surface area contributed by atoms with E-state index in [1.54, 1.807) is 20.8 Å². The molecule has 0 fully saturated rings. The van der Waals surface area contributed by atoms with Crippen molar-refractivity contribution in [3.05, 3.63) is 18.1 Å². The maximum absolute atomic E-state index is 11.5. The second-order valence-electron chi connectivity index (χ2n) is 4.54. The molecule has 0 bridgehead atoms. The number of nitrogens with zero attached hydrogens (tertiary/aromatic N) is 2. The third-order valence-electron chi connectivity index (χ3n) is 2.09. The number of carbonyl (C=O) groups is 2. The summed E-state index contributed by atoms with van der Waals surface area (Å²) in [5.74, 6) is -0.929. The zero-order chi connectivity index (χ0) is 13.1. The monoisotopic (exact) mass is 237 g/mol. The Balaban J connectivity index is 2.63. The van der Waals surface area contributed by atoms with Gasteiger partial charge in [-0.05, 0) is 0 Å². The smallest absolute Gasteiger partial charge is 0.361 e. The highest BCUT2D eigenvalue weighted by atomic mass is 16.5. The predicted molar refractivity (Wildman–Crippen MR) is 61.2 cm³/mol. The molecule has 2 N–H and O–H groups in total. The number of hydrogen-bond donors (Lipinski definition) is 1. The van der Waals surface area contributed by atoms with Crippen LogP contribution in [0, 0.1) is 5.41 Å². The van der Waals surface area contributed by atoms with E-state index in [2.05, 4.69) is 9.97 Å². The van der Waals surface area contributed by atoms with Crippen molar-refractivity contribution < 1.29 is 14.3 Å². The third-order valence-corrected chi connectivity index (χ3v) is 2.09. The minimum Gasteiger partial charge on any atom is -0.453 e. The van der Waals surface area contributed by atoms with Crippen molar-refractivity contribution >= 4 is 17.6 Å². The molecule has 92 valence electrons. The normalized spacial score (nSPS) is 11.0. The third kappa shape index (κ3) is 3.51. The van der Waals surface area contributed by atoms with Crippen LogP contribution in [0.1, 0.15) is 31.3 Å². The van der Waals surface area contributed by atoms with Crippen molar-refractivity contribution in [3.63, 3.8) is 0 Å². The standard InChI is InChI=1S/C11H15N3O3/c1-11(2,3)7(15)6-17-10(16)8-9(12)14-5-4-13-8/h4-5H,6H2,1-3H3,(H2,12,14). The van der Waals surface area contributed by atoms with Crippen molar-refractivity contribution in [1.82, 2.24) is 9.97 Å². The molecular weight excluding hydrogens is 222 g/mol. The first-order chi connectivity index (χ1) is 7.82. The summed E-state index contributed by atoms with van der Waals surface area (Å²) in [6.45, 7) is 4.96. The van der Waals surface area contributed by atoms with Crippen LogP contribution in [0.4, 0.5) is 5.82 Å². The van der Waals surface area contributed by atoms with Gasteiger partial charge in [0.2, 0.25) is 0 Å². The Morgan fingerprint density at radius 2 is 1.88 bits per heavy atom. The second-order valence-corrected chi connectivity index (χ2v) is 4.54. The average molecular weight is 237 g/mol. The molecule has 17 heavy (non-hydrogen) atoms. The highest BCUT2D eigenvalue weighted by Gasteiger charge is 2.23. The molecule has 0 saturated heterocycles. The van der Waals surface area contributed by atoms with E-state index in [1.165, 1.54) is 12.4 Å². The Morgan fingerprint density at radius 1 is 1.29 bits per heavy atom. The maximum Gasteiger partial charge on any atom is 0.361 e. The molecular formula is C11H15N3O3. The lowest BCUT2D eigenvalue weighted by atomic mass is 9.91. The van der Waals surface area contributed by atoms with Gasteiger partial charge in [-0.2, -0.15) is 0 Å². The van der Waals surface area contributed by atoms with E-state index in [0.29, 0.717) is 0 Å². The van der Waals surface area contributed by atoms with Crippen molar-refractivity contribution in [2.45, 2.75) is 20.8 Å². The van der Waals surface area contributed by atoms with Gasteiger partial charge in [0.15, 0.2) is 23.9 Å². The van der Waals surface area contributed by atoms with E-state index in [1.807, 2.05) is 0 Å². The number of nitrogens with two attached hydrogens (primary N) is 1. The molecule has 1 rings (SSSR count). The number of carbonyl (C=O) groups excluding carboxylic acids is 2. The van der Waals surface area contributed by atoms with Gasteiger partial charge in [-0.15, -0.1) is 0 Å². The topological polar surface area (TPSA) is 95.2 Å². The quantitative estimate of drug-likeness (QED) is 0.782. The number of hydrogen-bond acceptors (Lipinski definition) is 6. The molecule has 1 heterocycles. The number of Topliss-reactive ketones (excluding diaryl/α,β-unsaturated/α-hetero) is 1. The highest BCUT2D eigenvalue weighted by Crippen LogP contribution is 2.15. The van der Waals surface area contributed by atoms with Crippen LogP contribution in [0.5, 0.6) is 0 Å². The predicted octanol–water partition coefficient (Wildman–Crippen LogP) is 0.831. The zero-order valence-electron chi connectivity index (χ0n) is 10.1. The number of aromatic nitrogens is 2. The molecule has 0 aliphatic carbocycles. The van der Waals surface area contributed by atoms with Crippen molar-refractivity contribution in [2.24, 2.45) is 5.41 Å². The van der Waals surface area contributed by atoms with Crippen molar-refractivity contribution in [1.29, 1.82) is 0 Å². The highest BCUT2D eigenvalue weighted by molar-refractivity contribution is 5.94. The van der Waals surface area contributed by atoms with Crippen LogP contribution < -0.4 is 5.73 Å². The number of esters is 1. The fourth-order valence-corrected chi connectivity index (χ4v) is 0.922. The molecule has 6 heteroatoms. The summed E-state index contributed by atoms with van der Waals surface area (Å²) in [7, 11) is 0. The number of nitrogen functional groups attached to an aromatic ring is 1. The molecule has 0 atom stereocenters. The van der Waals surface area contributed by atoms with Crippen LogP contribution in [-0.4, -0.2) is 28.3 Å². The average Bonchev–Trinajstić information content (AvgIpc) is 2.24. The van der Waals surface area contributed by atoms with Gasteiger partial charge in [-0.3, -0.25) is 4.79 Å². The fraction of sp³-hybridized carbons (Fsp3) is 0.455. The Bertz CT molecular complexity index is 438. The molecule has 0 saturated carbocycles. The first kappa shape index (κ1) is 13.1. The molecule has 0 spiro atoms. The summed E-state index contributed by atoms with van der Waals surface area (Å²) in [4.78, 5) is 30.5. The molecule has 1 aromatic rings. The van der Waals surface area contributed by atoms with E-state index >= 15 is 0 Å². The maximum atomic E-state index is 11.5. The molecule has 0 aliphatic heterocycles. The zero-order valence-corrected chi connectivity index (χ0v) is 10.1. The minimum absolute atomic E-state index is 0.0132. The molecule has 6 nitrogen and oxygen atoms in total. The van der Waals surface area contributed by atoms with Gasteiger partial charge in [-0.25, -0.2) is 14.8 Å². The lowest BCUT2D eigenvalue weighted by molar-refractivity contribution is -0.129. The summed E-state index contributed by atoms with van der Waals surface area (Å²) >= 11 is 0. The first-order valence-electron chi connectivity index (χ1n) is 5.09. The second kappa shape index (κ2) is 4.90. The van der Waals surface area contributed by atoms with Crippen LogP contribution in [-0.2, 0) is 9.53 Å². The van der Waals surface area contributed by atoms with E-state index in [-0.39, 0.29) is 23.9 Å². The van der Waals surface area contributed by atoms with Crippen molar-refractivity contribution in [3.8, 4) is 0 Å². The van der Waals surface area contributed by atoms with Gasteiger partial charge in [0.1, 0.15) is 0 Å². The lowest BCUT2D eigenvalue weighted by Gasteiger charge is -2.16. The van der Waals surface area contributed by atoms with E-state index in [9.17, 15) is 9.59 Å². The number of ketones is 1. The molecule has 1 aromatic heterocycles. The Hall–Kier alpha value is -1.98. The van der Waals surface area contributed by atoms with Gasteiger partial charge >= 0.3 is 5.97 Å². The molecule has 0 amide bonds. The summed E-state index contributed by atoms with van der Waals surface area (Å²) < 4.78 is 4.83. The van der Waals surface area contributed by atoms with E-state index in [4.69, 9.17) is 10.5 Å². The summed E-state index contributed by atoms with van der Waals surface area (Å²) in [6, 6.07) is 0. The number of anilines is 1. The largest absolute Gasteiger partial charge is 0.453 e. The molecule has 0 aromatic carbocycles. The molecule has 0 aliphatic rings. The first-order valence-corrected chi connectivity index (χ1v) is 5.09. The fourth-order valence-electron chi connectivity index (χ4n) is 0.922. The number of ether oxygens (including phenoxy) is 1. The van der Waals surface area contributed by atoms with E-state index in [0.717, 1.165) is 0 Å². The van der Waals surface area contributed by atoms with Crippen molar-refractivity contribution in [2.75, 3.05) is 12.3 Å². The molecule has 0 unspecified atom stereocenters. The lowest BCUT2D eigenvalue weighted by Crippen LogP contribution is -2.26. The van der Waals surface area contributed by atoms with E-state index < -0.39 is 11.4 Å². The SMILES string of the molecule is CC(C)(C)C(=O)COC(=O)c1nccnc1N.